The molecule has 0 aliphatic carbocycles. The number of likely N-dealkylation sites (tertiary alicyclic amines) is 1. The van der Waals surface area contributed by atoms with Crippen molar-refractivity contribution in [1.29, 1.82) is 0 Å². The van der Waals surface area contributed by atoms with Gasteiger partial charge in [-0.05, 0) is 38.6 Å². The number of sulfonamides is 1. The molecule has 1 unspecified atom stereocenters. The number of thiophene rings is 1. The number of hydrogen-bond donors (Lipinski definition) is 2. The van der Waals surface area contributed by atoms with E-state index in [-0.39, 0.29) is 6.04 Å². The van der Waals surface area contributed by atoms with Crippen molar-refractivity contribution in [3.8, 4) is 0 Å². The van der Waals surface area contributed by atoms with E-state index in [0.29, 0.717) is 10.8 Å². The van der Waals surface area contributed by atoms with Gasteiger partial charge in [-0.1, -0.05) is 0 Å². The highest BCUT2D eigenvalue weighted by atomic mass is 32.2. The van der Waals surface area contributed by atoms with Crippen LogP contribution in [0.2, 0.25) is 0 Å². The van der Waals surface area contributed by atoms with Crippen LogP contribution in [0.15, 0.2) is 16.3 Å². The molecule has 0 amide bonds. The third-order valence-electron chi connectivity index (χ3n) is 3.05. The molecular formula is C11H19N3O2S2. The van der Waals surface area contributed by atoms with Crippen LogP contribution in [0.1, 0.15) is 17.7 Å². The lowest BCUT2D eigenvalue weighted by Gasteiger charge is -2.29. The molecule has 1 atom stereocenters. The SMILES string of the molecule is CN1CCCC(NS(=O)(=O)c2ccc(CN)s2)C1. The molecular weight excluding hydrogens is 270 g/mol. The zero-order valence-corrected chi connectivity index (χ0v) is 12.1. The van der Waals surface area contributed by atoms with Crippen LogP contribution in [0.4, 0.5) is 0 Å². The molecule has 3 N–H and O–H groups in total. The van der Waals surface area contributed by atoms with Gasteiger partial charge in [-0.2, -0.15) is 0 Å². The summed E-state index contributed by atoms with van der Waals surface area (Å²) in [7, 11) is -1.37. The molecule has 18 heavy (non-hydrogen) atoms. The van der Waals surface area contributed by atoms with E-state index in [2.05, 4.69) is 9.62 Å². The molecule has 1 aliphatic rings. The number of likely N-dealkylation sites (N-methyl/N-ethyl adjacent to an activating group) is 1. The van der Waals surface area contributed by atoms with Gasteiger partial charge < -0.3 is 10.6 Å². The molecule has 0 saturated carbocycles. The maximum absolute atomic E-state index is 12.2. The van der Waals surface area contributed by atoms with E-state index in [0.717, 1.165) is 30.8 Å². The molecule has 1 aromatic heterocycles. The molecule has 1 saturated heterocycles. The predicted octanol–water partition coefficient (Wildman–Crippen LogP) is 0.579. The molecule has 2 rings (SSSR count). The molecule has 0 radical (unpaired) electrons. The Balaban J connectivity index is 2.06. The first-order valence-corrected chi connectivity index (χ1v) is 8.31. The average molecular weight is 289 g/mol. The van der Waals surface area contributed by atoms with Crippen molar-refractivity contribution in [1.82, 2.24) is 9.62 Å². The quantitative estimate of drug-likeness (QED) is 0.850. The van der Waals surface area contributed by atoms with Gasteiger partial charge in [-0.3, -0.25) is 0 Å². The third kappa shape index (κ3) is 3.30. The molecule has 1 aromatic rings. The van der Waals surface area contributed by atoms with Crippen LogP contribution in [0, 0.1) is 0 Å². The van der Waals surface area contributed by atoms with Crippen LogP contribution in [-0.4, -0.2) is 39.5 Å². The second-order valence-electron chi connectivity index (χ2n) is 4.65. The number of hydrogen-bond acceptors (Lipinski definition) is 5. The Morgan fingerprint density at radius 2 is 2.33 bits per heavy atom. The smallest absolute Gasteiger partial charge is 0.250 e. The highest BCUT2D eigenvalue weighted by Gasteiger charge is 2.24. The lowest BCUT2D eigenvalue weighted by Crippen LogP contribution is -2.46. The minimum absolute atomic E-state index is 0.0113. The van der Waals surface area contributed by atoms with Crippen LogP contribution in [-0.2, 0) is 16.6 Å². The lowest BCUT2D eigenvalue weighted by atomic mass is 10.1. The van der Waals surface area contributed by atoms with Gasteiger partial charge in [0.25, 0.3) is 0 Å². The Morgan fingerprint density at radius 3 is 2.94 bits per heavy atom. The Morgan fingerprint density at radius 1 is 1.56 bits per heavy atom. The molecule has 1 aliphatic heterocycles. The summed E-state index contributed by atoms with van der Waals surface area (Å²) >= 11 is 1.24. The van der Waals surface area contributed by atoms with Gasteiger partial charge in [-0.15, -0.1) is 11.3 Å². The Bertz CT molecular complexity index is 498. The maximum atomic E-state index is 12.2. The fourth-order valence-electron chi connectivity index (χ4n) is 2.15. The van der Waals surface area contributed by atoms with Gasteiger partial charge in [0.1, 0.15) is 4.21 Å². The standard InChI is InChI=1S/C11H19N3O2S2/c1-14-6-2-3-9(8-14)13-18(15,16)11-5-4-10(7-12)17-11/h4-5,9,13H,2-3,6-8,12H2,1H3. The summed E-state index contributed by atoms with van der Waals surface area (Å²) in [6, 6.07) is 3.41. The van der Waals surface area contributed by atoms with Crippen molar-refractivity contribution in [3.63, 3.8) is 0 Å². The highest BCUT2D eigenvalue weighted by molar-refractivity contribution is 7.91. The third-order valence-corrected chi connectivity index (χ3v) is 6.17. The monoisotopic (exact) mass is 289 g/mol. The summed E-state index contributed by atoms with van der Waals surface area (Å²) in [5.74, 6) is 0. The van der Waals surface area contributed by atoms with E-state index in [1.165, 1.54) is 11.3 Å². The van der Waals surface area contributed by atoms with Gasteiger partial charge in [0.05, 0.1) is 0 Å². The highest BCUT2D eigenvalue weighted by Crippen LogP contribution is 2.22. The Kier molecular flexibility index (Phi) is 4.39. The summed E-state index contributed by atoms with van der Waals surface area (Å²) in [4.78, 5) is 3.03. The first-order chi connectivity index (χ1) is 8.51. The summed E-state index contributed by atoms with van der Waals surface area (Å²) in [6.45, 7) is 2.19. The Labute approximate surface area is 112 Å². The van der Waals surface area contributed by atoms with Crippen LogP contribution in [0.25, 0.3) is 0 Å². The van der Waals surface area contributed by atoms with E-state index in [4.69, 9.17) is 5.73 Å². The zero-order valence-electron chi connectivity index (χ0n) is 10.4. The van der Waals surface area contributed by atoms with Gasteiger partial charge in [0.2, 0.25) is 10.0 Å². The molecule has 1 fully saturated rings. The fraction of sp³-hybridized carbons (Fsp3) is 0.636. The molecule has 0 spiro atoms. The van der Waals surface area contributed by atoms with Crippen LogP contribution in [0.3, 0.4) is 0 Å². The number of piperidine rings is 1. The van der Waals surface area contributed by atoms with E-state index >= 15 is 0 Å². The van der Waals surface area contributed by atoms with Gasteiger partial charge in [0.15, 0.2) is 0 Å². The summed E-state index contributed by atoms with van der Waals surface area (Å²) < 4.78 is 27.5. The second kappa shape index (κ2) is 5.66. The minimum atomic E-state index is -3.39. The number of nitrogens with two attached hydrogens (primary N) is 1. The number of nitrogens with zero attached hydrogens (tertiary/aromatic N) is 1. The van der Waals surface area contributed by atoms with E-state index in [1.807, 2.05) is 7.05 Å². The molecule has 2 heterocycles. The Hall–Kier alpha value is -0.470. The largest absolute Gasteiger partial charge is 0.326 e. The molecule has 102 valence electrons. The van der Waals surface area contributed by atoms with Crippen molar-refractivity contribution in [2.75, 3.05) is 20.1 Å². The van der Waals surface area contributed by atoms with Crippen molar-refractivity contribution in [3.05, 3.63) is 17.0 Å². The van der Waals surface area contributed by atoms with Crippen molar-refractivity contribution < 1.29 is 8.42 Å². The first-order valence-electron chi connectivity index (χ1n) is 6.01. The normalized spacial score (nSPS) is 22.2. The topological polar surface area (TPSA) is 75.4 Å². The van der Waals surface area contributed by atoms with Gasteiger partial charge >= 0.3 is 0 Å². The molecule has 5 nitrogen and oxygen atoms in total. The zero-order chi connectivity index (χ0) is 13.2. The fourth-order valence-corrected chi connectivity index (χ4v) is 4.67. The lowest BCUT2D eigenvalue weighted by molar-refractivity contribution is 0.242. The first kappa shape index (κ1) is 14.0. The minimum Gasteiger partial charge on any atom is -0.326 e. The number of nitrogens with one attached hydrogen (secondary N) is 1. The van der Waals surface area contributed by atoms with Crippen LogP contribution >= 0.6 is 11.3 Å². The molecule has 0 bridgehead atoms. The summed E-state index contributed by atoms with van der Waals surface area (Å²) in [6.07, 6.45) is 1.93. The van der Waals surface area contributed by atoms with E-state index in [9.17, 15) is 8.42 Å². The molecule has 7 heteroatoms. The second-order valence-corrected chi connectivity index (χ2v) is 7.76. The van der Waals surface area contributed by atoms with Crippen LogP contribution in [0.5, 0.6) is 0 Å². The van der Waals surface area contributed by atoms with Crippen molar-refractivity contribution in [2.45, 2.75) is 29.6 Å². The number of rotatable bonds is 4. The average Bonchev–Trinajstić information content (AvgIpc) is 2.77. The van der Waals surface area contributed by atoms with Crippen molar-refractivity contribution >= 4 is 21.4 Å². The van der Waals surface area contributed by atoms with Crippen LogP contribution < -0.4 is 10.5 Å². The van der Waals surface area contributed by atoms with E-state index < -0.39 is 10.0 Å². The summed E-state index contributed by atoms with van der Waals surface area (Å²) in [5, 5.41) is 0. The molecule has 0 aromatic carbocycles. The predicted molar refractivity (Wildman–Crippen MR) is 73.1 cm³/mol. The van der Waals surface area contributed by atoms with Gasteiger partial charge in [-0.25, -0.2) is 13.1 Å². The van der Waals surface area contributed by atoms with E-state index in [1.54, 1.807) is 12.1 Å². The summed E-state index contributed by atoms with van der Waals surface area (Å²) in [5.41, 5.74) is 5.50. The van der Waals surface area contributed by atoms with Gasteiger partial charge in [0, 0.05) is 24.0 Å². The maximum Gasteiger partial charge on any atom is 0.250 e. The van der Waals surface area contributed by atoms with Crippen molar-refractivity contribution in [2.24, 2.45) is 5.73 Å².